The Bertz CT molecular complexity index is 182. The lowest BCUT2D eigenvalue weighted by Crippen LogP contribution is -2.32. The van der Waals surface area contributed by atoms with Crippen molar-refractivity contribution in [3.63, 3.8) is 0 Å². The number of ether oxygens (including phenoxy) is 1. The first kappa shape index (κ1) is 10.5. The van der Waals surface area contributed by atoms with Gasteiger partial charge >= 0.3 is 0 Å². The van der Waals surface area contributed by atoms with Crippen LogP contribution in [0, 0.1) is 17.2 Å². The molecule has 13 heavy (non-hydrogen) atoms. The minimum absolute atomic E-state index is 0.101. The van der Waals surface area contributed by atoms with Crippen molar-refractivity contribution in [1.82, 2.24) is 0 Å². The first-order valence-electron chi connectivity index (χ1n) is 4.99. The summed E-state index contributed by atoms with van der Waals surface area (Å²) in [6.45, 7) is 2.75. The normalized spacial score (nSPS) is 26.7. The Morgan fingerprint density at radius 3 is 2.92 bits per heavy atom. The second kappa shape index (κ2) is 5.21. The van der Waals surface area contributed by atoms with E-state index in [-0.39, 0.29) is 12.0 Å². The Morgan fingerprint density at radius 2 is 2.46 bits per heavy atom. The molecule has 1 aliphatic heterocycles. The topological polar surface area (TPSA) is 53.2 Å². The molecule has 1 aliphatic rings. The Labute approximate surface area is 79.3 Å². The highest BCUT2D eigenvalue weighted by Gasteiger charge is 2.30. The van der Waals surface area contributed by atoms with Crippen LogP contribution in [0.15, 0.2) is 0 Å². The van der Waals surface area contributed by atoms with Gasteiger partial charge in [-0.25, -0.2) is 0 Å². The maximum Gasteiger partial charge on any atom is 0.0959 e. The van der Waals surface area contributed by atoms with E-state index in [1.54, 1.807) is 0 Å². The van der Waals surface area contributed by atoms with Crippen molar-refractivity contribution in [3.05, 3.63) is 0 Å². The van der Waals surface area contributed by atoms with Crippen LogP contribution < -0.4 is 0 Å². The lowest BCUT2D eigenvalue weighted by Gasteiger charge is -2.21. The van der Waals surface area contributed by atoms with E-state index in [1.807, 2.05) is 6.92 Å². The summed E-state index contributed by atoms with van der Waals surface area (Å²) < 4.78 is 5.34. The third-order valence-corrected chi connectivity index (χ3v) is 2.52. The fourth-order valence-electron chi connectivity index (χ4n) is 1.75. The van der Waals surface area contributed by atoms with Crippen LogP contribution >= 0.6 is 0 Å². The van der Waals surface area contributed by atoms with Gasteiger partial charge in [0.25, 0.3) is 0 Å². The number of nitriles is 1. The summed E-state index contributed by atoms with van der Waals surface area (Å²) in [6, 6.07) is 2.15. The number of hydrogen-bond donors (Lipinski definition) is 1. The average molecular weight is 183 g/mol. The molecule has 0 spiro atoms. The molecule has 3 heteroatoms. The van der Waals surface area contributed by atoms with Crippen LogP contribution in [0.5, 0.6) is 0 Å². The van der Waals surface area contributed by atoms with Gasteiger partial charge in [-0.2, -0.15) is 5.26 Å². The van der Waals surface area contributed by atoms with Crippen molar-refractivity contribution in [2.24, 2.45) is 5.92 Å². The van der Waals surface area contributed by atoms with Gasteiger partial charge in [0.15, 0.2) is 0 Å². The van der Waals surface area contributed by atoms with Crippen LogP contribution in [0.1, 0.15) is 32.6 Å². The summed E-state index contributed by atoms with van der Waals surface area (Å²) in [5.41, 5.74) is 0. The third kappa shape index (κ3) is 2.68. The number of aliphatic hydroxyl groups excluding tert-OH is 1. The van der Waals surface area contributed by atoms with Gasteiger partial charge in [0, 0.05) is 6.61 Å². The van der Waals surface area contributed by atoms with Crippen molar-refractivity contribution in [1.29, 1.82) is 5.26 Å². The van der Waals surface area contributed by atoms with Crippen molar-refractivity contribution < 1.29 is 9.84 Å². The van der Waals surface area contributed by atoms with Gasteiger partial charge < -0.3 is 9.84 Å². The smallest absolute Gasteiger partial charge is 0.0959 e. The molecule has 3 atom stereocenters. The molecule has 0 amide bonds. The fraction of sp³-hybridized carbons (Fsp3) is 0.900. The molecular weight excluding hydrogens is 166 g/mol. The minimum atomic E-state index is -0.590. The van der Waals surface area contributed by atoms with Crippen molar-refractivity contribution >= 4 is 0 Å². The van der Waals surface area contributed by atoms with E-state index in [2.05, 4.69) is 6.07 Å². The largest absolute Gasteiger partial charge is 0.389 e. The molecule has 1 rings (SSSR count). The van der Waals surface area contributed by atoms with Crippen LogP contribution in [0.2, 0.25) is 0 Å². The SMILES string of the molecule is CCCC(C#N)C(O)C1CCCO1. The van der Waals surface area contributed by atoms with Gasteiger partial charge in [0.05, 0.1) is 24.2 Å². The van der Waals surface area contributed by atoms with Gasteiger partial charge in [-0.05, 0) is 19.3 Å². The molecule has 74 valence electrons. The van der Waals surface area contributed by atoms with E-state index in [0.717, 1.165) is 32.3 Å². The van der Waals surface area contributed by atoms with E-state index >= 15 is 0 Å². The Morgan fingerprint density at radius 1 is 1.69 bits per heavy atom. The lowest BCUT2D eigenvalue weighted by molar-refractivity contribution is -0.0220. The predicted molar refractivity (Wildman–Crippen MR) is 49.0 cm³/mol. The molecule has 1 saturated heterocycles. The molecule has 0 aromatic carbocycles. The summed E-state index contributed by atoms with van der Waals surface area (Å²) >= 11 is 0. The zero-order chi connectivity index (χ0) is 9.68. The first-order valence-corrected chi connectivity index (χ1v) is 4.99. The Balaban J connectivity index is 2.43. The Kier molecular flexibility index (Phi) is 4.20. The van der Waals surface area contributed by atoms with E-state index in [4.69, 9.17) is 10.00 Å². The monoisotopic (exact) mass is 183 g/mol. The minimum Gasteiger partial charge on any atom is -0.389 e. The second-order valence-corrected chi connectivity index (χ2v) is 3.57. The third-order valence-electron chi connectivity index (χ3n) is 2.52. The quantitative estimate of drug-likeness (QED) is 0.718. The zero-order valence-corrected chi connectivity index (χ0v) is 8.07. The summed E-state index contributed by atoms with van der Waals surface area (Å²) in [7, 11) is 0. The summed E-state index contributed by atoms with van der Waals surface area (Å²) in [6.07, 6.45) is 2.90. The fourth-order valence-corrected chi connectivity index (χ4v) is 1.75. The molecule has 3 nitrogen and oxygen atoms in total. The van der Waals surface area contributed by atoms with Crippen molar-refractivity contribution in [2.75, 3.05) is 6.61 Å². The number of aliphatic hydroxyl groups is 1. The highest BCUT2D eigenvalue weighted by atomic mass is 16.5. The highest BCUT2D eigenvalue weighted by molar-refractivity contribution is 4.92. The highest BCUT2D eigenvalue weighted by Crippen LogP contribution is 2.22. The molecule has 0 aliphatic carbocycles. The molecule has 0 aromatic rings. The summed E-state index contributed by atoms with van der Waals surface area (Å²) in [5, 5.41) is 18.6. The van der Waals surface area contributed by atoms with Gasteiger partial charge in [0.1, 0.15) is 0 Å². The molecule has 0 radical (unpaired) electrons. The molecular formula is C10H17NO2. The zero-order valence-electron chi connectivity index (χ0n) is 8.07. The molecule has 1 heterocycles. The van der Waals surface area contributed by atoms with Gasteiger partial charge in [-0.3, -0.25) is 0 Å². The van der Waals surface area contributed by atoms with E-state index in [1.165, 1.54) is 0 Å². The van der Waals surface area contributed by atoms with E-state index < -0.39 is 6.10 Å². The molecule has 0 aromatic heterocycles. The maximum atomic E-state index is 9.79. The van der Waals surface area contributed by atoms with Crippen LogP contribution in [0.4, 0.5) is 0 Å². The number of nitrogens with zero attached hydrogens (tertiary/aromatic N) is 1. The van der Waals surface area contributed by atoms with E-state index in [9.17, 15) is 5.11 Å². The summed E-state index contributed by atoms with van der Waals surface area (Å²) in [4.78, 5) is 0. The van der Waals surface area contributed by atoms with Gasteiger partial charge in [0.2, 0.25) is 0 Å². The van der Waals surface area contributed by atoms with Gasteiger partial charge in [-0.15, -0.1) is 0 Å². The van der Waals surface area contributed by atoms with Crippen molar-refractivity contribution in [2.45, 2.75) is 44.8 Å². The lowest BCUT2D eigenvalue weighted by atomic mass is 9.93. The number of hydrogen-bond acceptors (Lipinski definition) is 3. The molecule has 1 fully saturated rings. The van der Waals surface area contributed by atoms with Crippen molar-refractivity contribution in [3.8, 4) is 6.07 Å². The maximum absolute atomic E-state index is 9.79. The molecule has 3 unspecified atom stereocenters. The second-order valence-electron chi connectivity index (χ2n) is 3.57. The molecule has 1 N–H and O–H groups in total. The standard InChI is InChI=1S/C10H17NO2/c1-2-4-8(7-11)10(12)9-5-3-6-13-9/h8-10,12H,2-6H2,1H3. The predicted octanol–water partition coefficient (Wildman–Crippen LogP) is 1.47. The van der Waals surface area contributed by atoms with Crippen LogP contribution in [-0.2, 0) is 4.74 Å². The van der Waals surface area contributed by atoms with Crippen LogP contribution in [0.3, 0.4) is 0 Å². The van der Waals surface area contributed by atoms with E-state index in [0.29, 0.717) is 0 Å². The van der Waals surface area contributed by atoms with Crippen LogP contribution in [-0.4, -0.2) is 23.9 Å². The van der Waals surface area contributed by atoms with Crippen LogP contribution in [0.25, 0.3) is 0 Å². The Hall–Kier alpha value is -0.590. The first-order chi connectivity index (χ1) is 6.29. The average Bonchev–Trinajstić information content (AvgIpc) is 2.65. The van der Waals surface area contributed by atoms with Gasteiger partial charge in [-0.1, -0.05) is 13.3 Å². The number of rotatable bonds is 4. The summed E-state index contributed by atoms with van der Waals surface area (Å²) in [5.74, 6) is -0.256. The molecule has 0 bridgehead atoms. The molecule has 0 saturated carbocycles.